The van der Waals surface area contributed by atoms with E-state index in [9.17, 15) is 24.0 Å². The Morgan fingerprint density at radius 3 is 2.12 bits per heavy atom. The summed E-state index contributed by atoms with van der Waals surface area (Å²) in [5.74, 6) is -3.61. The molecule has 1 unspecified atom stereocenters. The zero-order chi connectivity index (χ0) is 30.3. The second-order valence-corrected chi connectivity index (χ2v) is 15.1. The number of likely N-dealkylation sites (tertiary alicyclic amines) is 1. The Bertz CT molecular complexity index is 1050. The van der Waals surface area contributed by atoms with Gasteiger partial charge in [0, 0.05) is 24.4 Å². The third-order valence-corrected chi connectivity index (χ3v) is 10.9. The van der Waals surface area contributed by atoms with Crippen molar-refractivity contribution in [3.05, 3.63) is 0 Å². The Morgan fingerprint density at radius 2 is 1.59 bits per heavy atom. The molecular formula is C29H45Cl2N5O5. The van der Waals surface area contributed by atoms with Gasteiger partial charge in [0.1, 0.15) is 16.4 Å². The molecule has 12 heteroatoms. The van der Waals surface area contributed by atoms with Crippen LogP contribution in [-0.2, 0) is 19.2 Å². The summed E-state index contributed by atoms with van der Waals surface area (Å²) in [6.45, 7) is 8.14. The van der Waals surface area contributed by atoms with Gasteiger partial charge in [0.2, 0.25) is 17.6 Å². The molecule has 5 N–H and O–H groups in total. The first kappa shape index (κ1) is 31.9. The van der Waals surface area contributed by atoms with Gasteiger partial charge in [-0.1, -0.05) is 59.3 Å². The van der Waals surface area contributed by atoms with E-state index in [2.05, 4.69) is 16.0 Å². The number of hydrogen-bond acceptors (Lipinski definition) is 5. The third-order valence-electron chi connectivity index (χ3n) is 9.87. The highest BCUT2D eigenvalue weighted by Crippen LogP contribution is 2.65. The van der Waals surface area contributed by atoms with Crippen LogP contribution >= 0.6 is 23.2 Å². The fraction of sp³-hybridized carbons (Fsp3) is 0.828. The maximum absolute atomic E-state index is 14.2. The molecule has 5 amide bonds. The highest BCUT2D eigenvalue weighted by Gasteiger charge is 2.74. The minimum atomic E-state index is -1.18. The summed E-state index contributed by atoms with van der Waals surface area (Å²) in [6, 6.07) is -3.51. The number of rotatable bonds is 10. The van der Waals surface area contributed by atoms with Crippen LogP contribution in [0.25, 0.3) is 0 Å². The number of primary amides is 1. The van der Waals surface area contributed by atoms with Crippen LogP contribution < -0.4 is 21.7 Å². The zero-order valence-corrected chi connectivity index (χ0v) is 26.0. The number of nitrogens with two attached hydrogens (primary N) is 1. The van der Waals surface area contributed by atoms with Gasteiger partial charge < -0.3 is 26.6 Å². The fourth-order valence-electron chi connectivity index (χ4n) is 6.48. The van der Waals surface area contributed by atoms with Crippen LogP contribution in [0.15, 0.2) is 0 Å². The minimum absolute atomic E-state index is 0.0767. The van der Waals surface area contributed by atoms with Crippen LogP contribution in [-0.4, -0.2) is 69.5 Å². The van der Waals surface area contributed by atoms with Gasteiger partial charge in [-0.15, -0.1) is 23.2 Å². The van der Waals surface area contributed by atoms with Gasteiger partial charge in [-0.05, 0) is 43.4 Å². The molecule has 3 saturated carbocycles. The topological polar surface area (TPSA) is 151 Å². The predicted molar refractivity (Wildman–Crippen MR) is 156 cm³/mol. The second-order valence-electron chi connectivity index (χ2n) is 13.6. The fourth-order valence-corrected chi connectivity index (χ4v) is 7.31. The van der Waals surface area contributed by atoms with E-state index >= 15 is 0 Å². The molecule has 0 radical (unpaired) electrons. The first-order chi connectivity index (χ1) is 19.1. The SMILES string of the molecule is CC(NC(=O)N[C@H](C(=O)N1C[C@H]2[C@@H]([C@H]1C(=O)N[C@H](CC1CCC1)C(=O)C(N)=O)C2(Cl)Cl)C1CCCCC1)C(C)(C)C. The van der Waals surface area contributed by atoms with Crippen molar-refractivity contribution < 1.29 is 24.0 Å². The number of fused-ring (bicyclic) bond motifs is 1. The molecule has 6 atom stereocenters. The van der Waals surface area contributed by atoms with Gasteiger partial charge >= 0.3 is 6.03 Å². The minimum Gasteiger partial charge on any atom is -0.363 e. The van der Waals surface area contributed by atoms with E-state index in [1.165, 1.54) is 4.90 Å². The zero-order valence-electron chi connectivity index (χ0n) is 24.5. The Balaban J connectivity index is 1.55. The summed E-state index contributed by atoms with van der Waals surface area (Å²) in [4.78, 5) is 66.9. The summed E-state index contributed by atoms with van der Waals surface area (Å²) >= 11 is 13.0. The van der Waals surface area contributed by atoms with Crippen molar-refractivity contribution in [1.29, 1.82) is 0 Å². The average Bonchev–Trinajstić information content (AvgIpc) is 3.20. The summed E-state index contributed by atoms with van der Waals surface area (Å²) < 4.78 is -1.18. The van der Waals surface area contributed by atoms with Gasteiger partial charge in [-0.25, -0.2) is 4.79 Å². The van der Waals surface area contributed by atoms with E-state index in [1.807, 2.05) is 27.7 Å². The van der Waals surface area contributed by atoms with Gasteiger partial charge in [0.25, 0.3) is 5.91 Å². The average molecular weight is 615 g/mol. The molecule has 4 aliphatic rings. The lowest BCUT2D eigenvalue weighted by Gasteiger charge is -2.37. The molecule has 0 aromatic rings. The molecule has 4 rings (SSSR count). The lowest BCUT2D eigenvalue weighted by molar-refractivity contribution is -0.144. The number of piperidine rings is 1. The molecule has 3 aliphatic carbocycles. The third kappa shape index (κ3) is 6.95. The van der Waals surface area contributed by atoms with Crippen molar-refractivity contribution in [3.8, 4) is 0 Å². The number of alkyl halides is 2. The van der Waals surface area contributed by atoms with Crippen molar-refractivity contribution in [3.63, 3.8) is 0 Å². The lowest BCUT2D eigenvalue weighted by Crippen LogP contribution is -2.61. The van der Waals surface area contributed by atoms with Crippen molar-refractivity contribution in [2.45, 2.75) is 114 Å². The highest BCUT2D eigenvalue weighted by molar-refractivity contribution is 6.51. The number of nitrogens with zero attached hydrogens (tertiary/aromatic N) is 1. The molecule has 1 saturated heterocycles. The molecule has 1 heterocycles. The Morgan fingerprint density at radius 1 is 0.951 bits per heavy atom. The number of carbonyl (C=O) groups excluding carboxylic acids is 5. The number of amides is 5. The number of ketones is 1. The largest absolute Gasteiger partial charge is 0.363 e. The van der Waals surface area contributed by atoms with E-state index in [4.69, 9.17) is 28.9 Å². The molecule has 0 bridgehead atoms. The van der Waals surface area contributed by atoms with Crippen molar-refractivity contribution in [2.75, 3.05) is 6.54 Å². The Kier molecular flexibility index (Phi) is 9.53. The summed E-state index contributed by atoms with van der Waals surface area (Å²) in [5.41, 5.74) is 5.12. The first-order valence-corrected chi connectivity index (χ1v) is 15.8. The van der Waals surface area contributed by atoms with E-state index in [-0.39, 0.29) is 41.7 Å². The molecule has 41 heavy (non-hydrogen) atoms. The van der Waals surface area contributed by atoms with Crippen LogP contribution in [0.4, 0.5) is 4.79 Å². The molecular weight excluding hydrogens is 569 g/mol. The van der Waals surface area contributed by atoms with Gasteiger partial charge in [-0.2, -0.15) is 0 Å². The number of halogens is 2. The molecule has 1 aliphatic heterocycles. The normalized spacial score (nSPS) is 28.0. The number of nitrogens with one attached hydrogen (secondary N) is 3. The maximum Gasteiger partial charge on any atom is 0.315 e. The van der Waals surface area contributed by atoms with Gasteiger partial charge in [0.15, 0.2) is 0 Å². The number of hydrogen-bond donors (Lipinski definition) is 4. The predicted octanol–water partition coefficient (Wildman–Crippen LogP) is 3.03. The smallest absolute Gasteiger partial charge is 0.315 e. The molecule has 4 fully saturated rings. The maximum atomic E-state index is 14.2. The van der Waals surface area contributed by atoms with Crippen LogP contribution in [0.3, 0.4) is 0 Å². The first-order valence-electron chi connectivity index (χ1n) is 15.0. The number of Topliss-reactive ketones (excluding diaryl/α,β-unsaturated/α-hetero) is 1. The number of carbonyl (C=O) groups is 5. The van der Waals surface area contributed by atoms with E-state index in [0.717, 1.165) is 51.4 Å². The molecule has 230 valence electrons. The number of urea groups is 1. The molecule has 0 spiro atoms. The van der Waals surface area contributed by atoms with E-state index in [0.29, 0.717) is 6.42 Å². The van der Waals surface area contributed by atoms with Gasteiger partial charge in [0.05, 0.1) is 6.04 Å². The molecule has 10 nitrogen and oxygen atoms in total. The summed E-state index contributed by atoms with van der Waals surface area (Å²) in [7, 11) is 0. The highest BCUT2D eigenvalue weighted by atomic mass is 35.5. The van der Waals surface area contributed by atoms with E-state index < -0.39 is 52.0 Å². The van der Waals surface area contributed by atoms with Crippen LogP contribution in [0.1, 0.15) is 85.5 Å². The monoisotopic (exact) mass is 613 g/mol. The van der Waals surface area contributed by atoms with Crippen LogP contribution in [0.5, 0.6) is 0 Å². The van der Waals surface area contributed by atoms with Crippen molar-refractivity contribution in [1.82, 2.24) is 20.9 Å². The summed E-state index contributed by atoms with van der Waals surface area (Å²) in [6.07, 6.45) is 7.72. The Hall–Kier alpha value is -2.07. The van der Waals surface area contributed by atoms with Crippen LogP contribution in [0.2, 0.25) is 0 Å². The van der Waals surface area contributed by atoms with Crippen molar-refractivity contribution >= 4 is 52.7 Å². The quantitative estimate of drug-likeness (QED) is 0.220. The van der Waals surface area contributed by atoms with Crippen LogP contribution in [0, 0.1) is 29.1 Å². The van der Waals surface area contributed by atoms with E-state index in [1.54, 1.807) is 0 Å². The Labute approximate surface area is 252 Å². The second kappa shape index (κ2) is 12.3. The van der Waals surface area contributed by atoms with Gasteiger partial charge in [-0.3, -0.25) is 19.2 Å². The molecule has 0 aromatic carbocycles. The molecule has 0 aromatic heterocycles. The summed E-state index contributed by atoms with van der Waals surface area (Å²) in [5, 5.41) is 8.61. The van der Waals surface area contributed by atoms with Crippen molar-refractivity contribution in [2.24, 2.45) is 34.8 Å². The standard InChI is InChI=1S/C29H45Cl2N5O5/c1-15(28(2,3)4)33-27(41)35-21(17-11-6-5-7-12-17)26(40)36-14-18-20(29(18,30)31)22(36)25(39)34-19(23(37)24(32)38)13-16-9-8-10-16/h15-22H,5-14H2,1-4H3,(H2,32,38)(H,34,39)(H2,33,35,41)/t15?,18-,19+,20-,21-,22-/m0/s1. The lowest BCUT2D eigenvalue weighted by atomic mass is 9.80.